The van der Waals surface area contributed by atoms with Crippen LogP contribution in [0.4, 0.5) is 0 Å². The van der Waals surface area contributed by atoms with Gasteiger partial charge in [0.05, 0.1) is 0 Å². The maximum absolute atomic E-state index is 11.4. The highest BCUT2D eigenvalue weighted by molar-refractivity contribution is 5.71. The van der Waals surface area contributed by atoms with Gasteiger partial charge in [0.15, 0.2) is 0 Å². The van der Waals surface area contributed by atoms with Crippen molar-refractivity contribution >= 4 is 5.97 Å². The predicted octanol–water partition coefficient (Wildman–Crippen LogP) is 1.59. The summed E-state index contributed by atoms with van der Waals surface area (Å²) in [4.78, 5) is 11.4. The zero-order valence-electron chi connectivity index (χ0n) is 7.82. The van der Waals surface area contributed by atoms with Crippen molar-refractivity contribution in [2.75, 3.05) is 0 Å². The minimum Gasteiger partial charge on any atom is -0.461 e. The van der Waals surface area contributed by atoms with Gasteiger partial charge in [-0.25, -0.2) is 0 Å². The van der Waals surface area contributed by atoms with Crippen molar-refractivity contribution in [3.8, 4) is 0 Å². The lowest BCUT2D eigenvalue weighted by molar-refractivity contribution is -0.259. The van der Waals surface area contributed by atoms with Gasteiger partial charge in [-0.3, -0.25) is 4.79 Å². The Hall–Kier alpha value is -0.530. The average Bonchev–Trinajstić information content (AvgIpc) is 2.15. The van der Waals surface area contributed by atoms with Gasteiger partial charge in [-0.1, -0.05) is 6.92 Å². The first-order valence-corrected chi connectivity index (χ1v) is 5.39. The molecule has 0 spiro atoms. The monoisotopic (exact) mass is 178 g/mol. The molecule has 3 saturated carbocycles. The molecule has 0 radical (unpaired) electrons. The minimum atomic E-state index is 0.0755. The van der Waals surface area contributed by atoms with Gasteiger partial charge < -0.3 is 4.74 Å². The van der Waals surface area contributed by atoms with E-state index in [1.165, 1.54) is 12.8 Å². The summed E-state index contributed by atoms with van der Waals surface area (Å²) in [5.41, 5.74) is 0.403. The van der Waals surface area contributed by atoms with Gasteiger partial charge in [0.25, 0.3) is 0 Å². The highest BCUT2D eigenvalue weighted by Gasteiger charge is 2.76. The molecule has 2 bridgehead atoms. The van der Waals surface area contributed by atoms with E-state index in [0.717, 1.165) is 17.8 Å². The molecule has 1 aliphatic heterocycles. The van der Waals surface area contributed by atoms with Crippen LogP contribution in [0.15, 0.2) is 0 Å². The fraction of sp³-hybridized carbons (Fsp3) is 0.909. The van der Waals surface area contributed by atoms with Crippen LogP contribution < -0.4 is 0 Å². The third-order valence-corrected chi connectivity index (χ3v) is 5.27. The van der Waals surface area contributed by atoms with E-state index in [2.05, 4.69) is 6.92 Å². The van der Waals surface area contributed by atoms with Gasteiger partial charge in [-0.2, -0.15) is 0 Å². The predicted molar refractivity (Wildman–Crippen MR) is 45.8 cm³/mol. The fourth-order valence-electron chi connectivity index (χ4n) is 4.89. The maximum Gasteiger partial charge on any atom is 0.306 e. The summed E-state index contributed by atoms with van der Waals surface area (Å²) in [6.45, 7) is 2.32. The van der Waals surface area contributed by atoms with E-state index in [9.17, 15) is 4.79 Å². The lowest BCUT2D eigenvalue weighted by Gasteiger charge is -2.67. The molecule has 1 heterocycles. The molecule has 6 unspecified atom stereocenters. The molecule has 0 N–H and O–H groups in total. The van der Waals surface area contributed by atoms with Gasteiger partial charge in [0.1, 0.15) is 6.10 Å². The molecule has 0 aromatic rings. The Bertz CT molecular complexity index is 311. The Labute approximate surface area is 77.6 Å². The zero-order valence-corrected chi connectivity index (χ0v) is 7.82. The number of hydrogen-bond acceptors (Lipinski definition) is 2. The molecule has 13 heavy (non-hydrogen) atoms. The molecule has 3 aliphatic carbocycles. The molecule has 6 atom stereocenters. The Balaban J connectivity index is 1.82. The van der Waals surface area contributed by atoms with E-state index >= 15 is 0 Å². The van der Waals surface area contributed by atoms with Crippen LogP contribution in [-0.2, 0) is 9.53 Å². The molecule has 4 aliphatic rings. The van der Waals surface area contributed by atoms with Crippen LogP contribution in [0.25, 0.3) is 0 Å². The van der Waals surface area contributed by atoms with Crippen LogP contribution in [0.1, 0.15) is 26.2 Å². The quantitative estimate of drug-likeness (QED) is 0.526. The number of rotatable bonds is 0. The van der Waals surface area contributed by atoms with Crippen LogP contribution in [0.2, 0.25) is 0 Å². The van der Waals surface area contributed by atoms with Crippen molar-refractivity contribution in [1.29, 1.82) is 0 Å². The van der Waals surface area contributed by atoms with Gasteiger partial charge in [-0.05, 0) is 30.6 Å². The Morgan fingerprint density at radius 2 is 2.31 bits per heavy atom. The third-order valence-electron chi connectivity index (χ3n) is 5.27. The highest BCUT2D eigenvalue weighted by atomic mass is 16.5. The van der Waals surface area contributed by atoms with Crippen molar-refractivity contribution in [1.82, 2.24) is 0 Å². The first kappa shape index (κ1) is 6.86. The van der Waals surface area contributed by atoms with E-state index in [1.807, 2.05) is 0 Å². The first-order valence-electron chi connectivity index (χ1n) is 5.39. The molecule has 1 saturated heterocycles. The Morgan fingerprint density at radius 3 is 3.15 bits per heavy atom. The van der Waals surface area contributed by atoms with Crippen molar-refractivity contribution in [2.45, 2.75) is 32.3 Å². The van der Waals surface area contributed by atoms with Crippen LogP contribution in [-0.4, -0.2) is 12.1 Å². The summed E-state index contributed by atoms with van der Waals surface area (Å²) < 4.78 is 5.53. The molecule has 70 valence electrons. The van der Waals surface area contributed by atoms with Gasteiger partial charge in [-0.15, -0.1) is 0 Å². The number of ether oxygens (including phenoxy) is 1. The van der Waals surface area contributed by atoms with E-state index in [1.54, 1.807) is 0 Å². The van der Waals surface area contributed by atoms with Crippen molar-refractivity contribution < 1.29 is 9.53 Å². The second kappa shape index (κ2) is 1.67. The standard InChI is InChI=1S/C11H14O2/c1-11-4-7-5-2-6(9(7)11)10(11)13-8(12)3-5/h5-7,9-10H,2-4H2,1H3. The second-order valence-corrected chi connectivity index (χ2v) is 5.67. The molecule has 4 fully saturated rings. The van der Waals surface area contributed by atoms with Gasteiger partial charge >= 0.3 is 5.97 Å². The highest BCUT2D eigenvalue weighted by Crippen LogP contribution is 2.76. The van der Waals surface area contributed by atoms with E-state index in [0.29, 0.717) is 23.9 Å². The zero-order chi connectivity index (χ0) is 8.79. The van der Waals surface area contributed by atoms with Crippen LogP contribution in [0, 0.1) is 29.1 Å². The molecular formula is C11H14O2. The number of esters is 1. The van der Waals surface area contributed by atoms with Crippen LogP contribution >= 0.6 is 0 Å². The number of carbonyl (C=O) groups is 1. The van der Waals surface area contributed by atoms with Crippen LogP contribution in [0.3, 0.4) is 0 Å². The molecule has 2 heteroatoms. The summed E-state index contributed by atoms with van der Waals surface area (Å²) >= 11 is 0. The fourth-order valence-corrected chi connectivity index (χ4v) is 4.89. The van der Waals surface area contributed by atoms with Crippen molar-refractivity contribution in [2.24, 2.45) is 29.1 Å². The summed E-state index contributed by atoms with van der Waals surface area (Å²) in [6.07, 6.45) is 3.62. The third kappa shape index (κ3) is 0.520. The smallest absolute Gasteiger partial charge is 0.306 e. The van der Waals surface area contributed by atoms with Crippen molar-refractivity contribution in [3.05, 3.63) is 0 Å². The summed E-state index contributed by atoms with van der Waals surface area (Å²) in [5.74, 6) is 3.32. The minimum absolute atomic E-state index is 0.0755. The molecule has 0 aromatic heterocycles. The van der Waals surface area contributed by atoms with Gasteiger partial charge in [0.2, 0.25) is 0 Å². The maximum atomic E-state index is 11.4. The Morgan fingerprint density at radius 1 is 1.46 bits per heavy atom. The number of hydrogen-bond donors (Lipinski definition) is 0. The summed E-state index contributed by atoms with van der Waals surface area (Å²) in [5, 5.41) is 0. The number of fused-ring (bicyclic) bond motifs is 3. The largest absolute Gasteiger partial charge is 0.461 e. The molecular weight excluding hydrogens is 164 g/mol. The topological polar surface area (TPSA) is 26.3 Å². The average molecular weight is 178 g/mol. The Kier molecular flexibility index (Phi) is 0.879. The SMILES string of the molecule is CC12CC3C4CC(=O)OC1C(C4)C32. The summed E-state index contributed by atoms with van der Waals surface area (Å²) in [7, 11) is 0. The van der Waals surface area contributed by atoms with Crippen molar-refractivity contribution in [3.63, 3.8) is 0 Å². The second-order valence-electron chi connectivity index (χ2n) is 5.67. The van der Waals surface area contributed by atoms with E-state index < -0.39 is 0 Å². The molecule has 4 rings (SSSR count). The molecule has 0 amide bonds. The molecule has 2 nitrogen and oxygen atoms in total. The lowest BCUT2D eigenvalue weighted by atomic mass is 9.40. The van der Waals surface area contributed by atoms with Gasteiger partial charge in [0, 0.05) is 17.8 Å². The van der Waals surface area contributed by atoms with Crippen LogP contribution in [0.5, 0.6) is 0 Å². The number of carbonyl (C=O) groups excluding carboxylic acids is 1. The first-order chi connectivity index (χ1) is 6.20. The lowest BCUT2D eigenvalue weighted by Crippen LogP contribution is -2.68. The summed E-state index contributed by atoms with van der Waals surface area (Å²) in [6, 6.07) is 0. The molecule has 0 aromatic carbocycles. The van der Waals surface area contributed by atoms with E-state index in [-0.39, 0.29) is 5.97 Å². The van der Waals surface area contributed by atoms with E-state index in [4.69, 9.17) is 4.74 Å². The normalized spacial score (nSPS) is 66.2.